The third-order valence-corrected chi connectivity index (χ3v) is 2.76. The Bertz CT molecular complexity index is 367. The van der Waals surface area contributed by atoms with Crippen molar-refractivity contribution in [2.45, 2.75) is 19.3 Å². The van der Waals surface area contributed by atoms with Crippen molar-refractivity contribution >= 4 is 5.97 Å². The summed E-state index contributed by atoms with van der Waals surface area (Å²) in [6.45, 7) is 0. The number of phenols is 1. The van der Waals surface area contributed by atoms with E-state index >= 15 is 0 Å². The largest absolute Gasteiger partial charge is 0.508 e. The van der Waals surface area contributed by atoms with Gasteiger partial charge in [-0.1, -0.05) is 12.1 Å². The molecule has 74 valence electrons. The molecule has 1 aliphatic carbocycles. The molecule has 0 heterocycles. The number of carboxylic acid groups (broad SMARTS) is 1. The van der Waals surface area contributed by atoms with Crippen molar-refractivity contribution < 1.29 is 15.0 Å². The molecule has 0 aromatic heterocycles. The molecule has 0 radical (unpaired) electrons. The van der Waals surface area contributed by atoms with E-state index in [0.29, 0.717) is 6.42 Å². The van der Waals surface area contributed by atoms with E-state index in [1.165, 1.54) is 0 Å². The summed E-state index contributed by atoms with van der Waals surface area (Å²) in [7, 11) is 0. The number of carboxylic acids is 1. The lowest BCUT2D eigenvalue weighted by atomic mass is 9.97. The number of phenolic OH excluding ortho intramolecular Hbond substituents is 1. The second-order valence-corrected chi connectivity index (χ2v) is 3.93. The van der Waals surface area contributed by atoms with Crippen LogP contribution in [0.2, 0.25) is 0 Å². The van der Waals surface area contributed by atoms with Gasteiger partial charge in [0.25, 0.3) is 0 Å². The van der Waals surface area contributed by atoms with Crippen LogP contribution in [0.5, 0.6) is 5.75 Å². The second-order valence-electron chi connectivity index (χ2n) is 3.93. The summed E-state index contributed by atoms with van der Waals surface area (Å²) in [6, 6.07) is 6.80. The van der Waals surface area contributed by atoms with Crippen LogP contribution in [0.3, 0.4) is 0 Å². The number of benzene rings is 1. The number of carbonyl (C=O) groups is 1. The molecule has 1 aromatic rings. The molecule has 2 N–H and O–H groups in total. The summed E-state index contributed by atoms with van der Waals surface area (Å²) in [4.78, 5) is 10.9. The Morgan fingerprint density at radius 2 is 2.14 bits per heavy atom. The minimum absolute atomic E-state index is 0.198. The van der Waals surface area contributed by atoms with Gasteiger partial charge in [0.1, 0.15) is 5.75 Å². The Morgan fingerprint density at radius 3 is 2.64 bits per heavy atom. The average molecular weight is 192 g/mol. The lowest BCUT2D eigenvalue weighted by Crippen LogP contribution is -2.17. The van der Waals surface area contributed by atoms with Crippen LogP contribution in [0.4, 0.5) is 0 Å². The van der Waals surface area contributed by atoms with Gasteiger partial charge in [0.05, 0.1) is 5.41 Å². The third-order valence-electron chi connectivity index (χ3n) is 2.76. The van der Waals surface area contributed by atoms with E-state index in [0.717, 1.165) is 18.4 Å². The van der Waals surface area contributed by atoms with Gasteiger partial charge in [0.15, 0.2) is 0 Å². The summed E-state index contributed by atoms with van der Waals surface area (Å²) < 4.78 is 0. The predicted molar refractivity (Wildman–Crippen MR) is 51.1 cm³/mol. The van der Waals surface area contributed by atoms with Crippen molar-refractivity contribution in [3.63, 3.8) is 0 Å². The highest BCUT2D eigenvalue weighted by Crippen LogP contribution is 2.48. The molecule has 0 aliphatic heterocycles. The van der Waals surface area contributed by atoms with Crippen LogP contribution in [0.25, 0.3) is 0 Å². The summed E-state index contributed by atoms with van der Waals surface area (Å²) in [5.74, 6) is -0.524. The first-order valence-electron chi connectivity index (χ1n) is 4.64. The highest BCUT2D eigenvalue weighted by molar-refractivity contribution is 5.78. The van der Waals surface area contributed by atoms with E-state index in [9.17, 15) is 9.90 Å². The smallest absolute Gasteiger partial charge is 0.309 e. The molecule has 1 fully saturated rings. The Kier molecular flexibility index (Phi) is 1.95. The standard InChI is InChI=1S/C11H12O3/c12-9-3-1-2-8(6-9)7-11(4-5-11)10(13)14/h1-3,6,12H,4-5,7H2,(H,13,14). The van der Waals surface area contributed by atoms with Crippen molar-refractivity contribution in [2.75, 3.05) is 0 Å². The summed E-state index contributed by atoms with van der Waals surface area (Å²) in [6.07, 6.45) is 2.02. The van der Waals surface area contributed by atoms with Crippen LogP contribution < -0.4 is 0 Å². The maximum absolute atomic E-state index is 10.9. The number of rotatable bonds is 3. The van der Waals surface area contributed by atoms with Crippen molar-refractivity contribution in [3.05, 3.63) is 29.8 Å². The lowest BCUT2D eigenvalue weighted by molar-refractivity contribution is -0.143. The Balaban J connectivity index is 2.15. The Hall–Kier alpha value is -1.51. The topological polar surface area (TPSA) is 57.5 Å². The van der Waals surface area contributed by atoms with Gasteiger partial charge >= 0.3 is 5.97 Å². The molecule has 1 aromatic carbocycles. The molecule has 0 amide bonds. The van der Waals surface area contributed by atoms with Crippen molar-refractivity contribution in [1.29, 1.82) is 0 Å². The van der Waals surface area contributed by atoms with E-state index in [2.05, 4.69) is 0 Å². The predicted octanol–water partition coefficient (Wildman–Crippen LogP) is 1.80. The number of aromatic hydroxyl groups is 1. The molecule has 0 spiro atoms. The second kappa shape index (κ2) is 3.01. The molecule has 1 saturated carbocycles. The van der Waals surface area contributed by atoms with Gasteiger partial charge in [-0.3, -0.25) is 4.79 Å². The quantitative estimate of drug-likeness (QED) is 0.767. The van der Waals surface area contributed by atoms with E-state index in [-0.39, 0.29) is 5.75 Å². The summed E-state index contributed by atoms with van der Waals surface area (Å²) in [5.41, 5.74) is 0.346. The molecule has 3 heteroatoms. The Morgan fingerprint density at radius 1 is 1.43 bits per heavy atom. The van der Waals surface area contributed by atoms with Gasteiger partial charge in [0.2, 0.25) is 0 Å². The monoisotopic (exact) mass is 192 g/mol. The van der Waals surface area contributed by atoms with E-state index in [1.54, 1.807) is 18.2 Å². The maximum Gasteiger partial charge on any atom is 0.309 e. The number of hydrogen-bond donors (Lipinski definition) is 2. The average Bonchev–Trinajstić information content (AvgIpc) is 2.85. The fourth-order valence-corrected chi connectivity index (χ4v) is 1.67. The molecule has 2 rings (SSSR count). The van der Waals surface area contributed by atoms with Crippen LogP contribution >= 0.6 is 0 Å². The summed E-state index contributed by atoms with van der Waals surface area (Å²) >= 11 is 0. The van der Waals surface area contributed by atoms with Crippen LogP contribution in [0.1, 0.15) is 18.4 Å². The summed E-state index contributed by atoms with van der Waals surface area (Å²) in [5, 5.41) is 18.2. The zero-order chi connectivity index (χ0) is 10.2. The van der Waals surface area contributed by atoms with E-state index in [1.807, 2.05) is 6.07 Å². The lowest BCUT2D eigenvalue weighted by Gasteiger charge is -2.09. The molecule has 0 atom stereocenters. The van der Waals surface area contributed by atoms with Gasteiger partial charge in [-0.05, 0) is 37.0 Å². The first-order chi connectivity index (χ1) is 6.62. The zero-order valence-electron chi connectivity index (χ0n) is 7.73. The van der Waals surface area contributed by atoms with E-state index in [4.69, 9.17) is 5.11 Å². The normalized spacial score (nSPS) is 17.7. The van der Waals surface area contributed by atoms with Gasteiger partial charge in [0, 0.05) is 0 Å². The van der Waals surface area contributed by atoms with Crippen LogP contribution in [-0.2, 0) is 11.2 Å². The first kappa shape index (κ1) is 9.06. The molecule has 0 saturated heterocycles. The molecule has 3 nitrogen and oxygen atoms in total. The highest BCUT2D eigenvalue weighted by atomic mass is 16.4. The highest BCUT2D eigenvalue weighted by Gasteiger charge is 2.49. The van der Waals surface area contributed by atoms with Crippen LogP contribution in [-0.4, -0.2) is 16.2 Å². The van der Waals surface area contributed by atoms with Crippen molar-refractivity contribution in [2.24, 2.45) is 5.41 Å². The zero-order valence-corrected chi connectivity index (χ0v) is 7.73. The van der Waals surface area contributed by atoms with E-state index < -0.39 is 11.4 Å². The molecular formula is C11H12O3. The van der Waals surface area contributed by atoms with Gasteiger partial charge in [-0.2, -0.15) is 0 Å². The Labute approximate surface area is 82.0 Å². The number of aliphatic carboxylic acids is 1. The fourth-order valence-electron chi connectivity index (χ4n) is 1.67. The minimum atomic E-state index is -0.721. The first-order valence-corrected chi connectivity index (χ1v) is 4.64. The molecular weight excluding hydrogens is 180 g/mol. The van der Waals surface area contributed by atoms with Gasteiger partial charge in [-0.15, -0.1) is 0 Å². The molecule has 14 heavy (non-hydrogen) atoms. The fraction of sp³-hybridized carbons (Fsp3) is 0.364. The van der Waals surface area contributed by atoms with Crippen molar-refractivity contribution in [1.82, 2.24) is 0 Å². The molecule has 1 aliphatic rings. The van der Waals surface area contributed by atoms with Gasteiger partial charge < -0.3 is 10.2 Å². The minimum Gasteiger partial charge on any atom is -0.508 e. The number of hydrogen-bond acceptors (Lipinski definition) is 2. The SMILES string of the molecule is O=C(O)C1(Cc2cccc(O)c2)CC1. The van der Waals surface area contributed by atoms with Crippen LogP contribution in [0, 0.1) is 5.41 Å². The third kappa shape index (κ3) is 1.58. The van der Waals surface area contributed by atoms with Crippen molar-refractivity contribution in [3.8, 4) is 5.75 Å². The molecule has 0 bridgehead atoms. The van der Waals surface area contributed by atoms with Crippen LogP contribution in [0.15, 0.2) is 24.3 Å². The van der Waals surface area contributed by atoms with Gasteiger partial charge in [-0.25, -0.2) is 0 Å². The molecule has 0 unspecified atom stereocenters. The maximum atomic E-state index is 10.9.